The number of amides is 2. The number of hydrogen-bond acceptors (Lipinski definition) is 7. The first-order valence-corrected chi connectivity index (χ1v) is 12.3. The van der Waals surface area contributed by atoms with Crippen LogP contribution in [-0.4, -0.2) is 61.0 Å². The lowest BCUT2D eigenvalue weighted by atomic mass is 10.1. The summed E-state index contributed by atoms with van der Waals surface area (Å²) in [7, 11) is -3.59. The standard InChI is InChI=1S/C24H24N4O6S/c29-23(26-16-17-1-3-19(4-2-17)24(30)27-31)20-9-10-25-22(15-20)18-5-7-21(8-6-18)35(32,33)28-11-13-34-14-12-28/h1-10,15,31H,11-14,16H2,(H,26,29)(H,27,30). The van der Waals surface area contributed by atoms with Gasteiger partial charge in [0.2, 0.25) is 10.0 Å². The van der Waals surface area contributed by atoms with Gasteiger partial charge in [0, 0.05) is 42.5 Å². The van der Waals surface area contributed by atoms with Gasteiger partial charge < -0.3 is 10.1 Å². The molecule has 0 saturated carbocycles. The van der Waals surface area contributed by atoms with Crippen LogP contribution in [0.5, 0.6) is 0 Å². The highest BCUT2D eigenvalue weighted by molar-refractivity contribution is 7.89. The molecule has 1 aliphatic heterocycles. The second-order valence-corrected chi connectivity index (χ2v) is 9.73. The Morgan fingerprint density at radius 3 is 2.29 bits per heavy atom. The number of nitrogens with one attached hydrogen (secondary N) is 2. The van der Waals surface area contributed by atoms with Crippen LogP contribution in [0.15, 0.2) is 71.8 Å². The molecule has 0 atom stereocenters. The fourth-order valence-electron chi connectivity index (χ4n) is 3.59. The first-order valence-electron chi connectivity index (χ1n) is 10.8. The van der Waals surface area contributed by atoms with Crippen LogP contribution in [0.3, 0.4) is 0 Å². The maximum atomic E-state index is 12.8. The van der Waals surface area contributed by atoms with Crippen molar-refractivity contribution in [2.45, 2.75) is 11.4 Å². The predicted molar refractivity (Wildman–Crippen MR) is 126 cm³/mol. The highest BCUT2D eigenvalue weighted by Crippen LogP contribution is 2.23. The summed E-state index contributed by atoms with van der Waals surface area (Å²) in [5, 5.41) is 11.5. The van der Waals surface area contributed by atoms with E-state index in [1.54, 1.807) is 54.0 Å². The first kappa shape index (κ1) is 24.5. The maximum Gasteiger partial charge on any atom is 0.274 e. The number of pyridine rings is 1. The van der Waals surface area contributed by atoms with Crippen LogP contribution in [0.2, 0.25) is 0 Å². The van der Waals surface area contributed by atoms with Gasteiger partial charge in [-0.25, -0.2) is 13.9 Å². The SMILES string of the molecule is O=C(NO)c1ccc(CNC(=O)c2ccnc(-c3ccc(S(=O)(=O)N4CCOCC4)cc3)c2)cc1. The summed E-state index contributed by atoms with van der Waals surface area (Å²) in [5.74, 6) is -0.922. The Balaban J connectivity index is 1.43. The molecule has 11 heteroatoms. The van der Waals surface area contributed by atoms with Crippen molar-refractivity contribution in [3.8, 4) is 11.3 Å². The molecule has 0 radical (unpaired) electrons. The molecule has 1 aliphatic rings. The summed E-state index contributed by atoms with van der Waals surface area (Å²) in [6.07, 6.45) is 1.52. The zero-order valence-electron chi connectivity index (χ0n) is 18.7. The number of carbonyl (C=O) groups excluding carboxylic acids is 2. The zero-order chi connectivity index (χ0) is 24.8. The van der Waals surface area contributed by atoms with E-state index in [4.69, 9.17) is 9.94 Å². The van der Waals surface area contributed by atoms with Crippen molar-refractivity contribution in [2.75, 3.05) is 26.3 Å². The minimum absolute atomic E-state index is 0.194. The van der Waals surface area contributed by atoms with Crippen molar-refractivity contribution in [3.05, 3.63) is 83.6 Å². The molecular formula is C24H24N4O6S. The molecule has 0 unspecified atom stereocenters. The molecular weight excluding hydrogens is 472 g/mol. The van der Waals surface area contributed by atoms with E-state index in [0.717, 1.165) is 5.56 Å². The number of rotatable bonds is 7. The number of carbonyl (C=O) groups is 2. The van der Waals surface area contributed by atoms with E-state index in [1.165, 1.54) is 22.6 Å². The Morgan fingerprint density at radius 2 is 1.63 bits per heavy atom. The first-order chi connectivity index (χ1) is 16.9. The molecule has 3 N–H and O–H groups in total. The molecule has 35 heavy (non-hydrogen) atoms. The van der Waals surface area contributed by atoms with Gasteiger partial charge >= 0.3 is 0 Å². The summed E-state index contributed by atoms with van der Waals surface area (Å²) in [6.45, 7) is 1.64. The lowest BCUT2D eigenvalue weighted by molar-refractivity contribution is 0.0706. The molecule has 10 nitrogen and oxygen atoms in total. The van der Waals surface area contributed by atoms with Gasteiger partial charge in [-0.15, -0.1) is 0 Å². The smallest absolute Gasteiger partial charge is 0.274 e. The van der Waals surface area contributed by atoms with Crippen LogP contribution < -0.4 is 10.8 Å². The van der Waals surface area contributed by atoms with Gasteiger partial charge in [0.25, 0.3) is 11.8 Å². The third-order valence-electron chi connectivity index (χ3n) is 5.55. The van der Waals surface area contributed by atoms with Crippen LogP contribution in [0.1, 0.15) is 26.3 Å². The fourth-order valence-corrected chi connectivity index (χ4v) is 4.99. The van der Waals surface area contributed by atoms with Gasteiger partial charge in [0.15, 0.2) is 0 Å². The summed E-state index contributed by atoms with van der Waals surface area (Å²) >= 11 is 0. The number of aromatic nitrogens is 1. The number of benzene rings is 2. The molecule has 3 aromatic rings. The van der Waals surface area contributed by atoms with Crippen molar-refractivity contribution in [1.29, 1.82) is 0 Å². The van der Waals surface area contributed by atoms with Gasteiger partial charge in [0.1, 0.15) is 0 Å². The Bertz CT molecular complexity index is 1300. The van der Waals surface area contributed by atoms with E-state index >= 15 is 0 Å². The Kier molecular flexibility index (Phi) is 7.51. The number of hydrogen-bond donors (Lipinski definition) is 3. The van der Waals surface area contributed by atoms with Crippen LogP contribution in [0.25, 0.3) is 11.3 Å². The Hall–Kier alpha value is -3.64. The molecule has 182 valence electrons. The molecule has 2 aromatic carbocycles. The Labute approximate surface area is 202 Å². The number of nitrogens with zero attached hydrogens (tertiary/aromatic N) is 2. The van der Waals surface area contributed by atoms with Crippen LogP contribution >= 0.6 is 0 Å². The highest BCUT2D eigenvalue weighted by Gasteiger charge is 2.26. The Morgan fingerprint density at radius 1 is 0.943 bits per heavy atom. The minimum atomic E-state index is -3.59. The van der Waals surface area contributed by atoms with Crippen molar-refractivity contribution in [2.24, 2.45) is 0 Å². The van der Waals surface area contributed by atoms with E-state index in [9.17, 15) is 18.0 Å². The van der Waals surface area contributed by atoms with E-state index in [-0.39, 0.29) is 17.3 Å². The summed E-state index contributed by atoms with van der Waals surface area (Å²) in [5.41, 5.74) is 4.25. The van der Waals surface area contributed by atoms with Crippen LogP contribution in [-0.2, 0) is 21.3 Å². The molecule has 1 fully saturated rings. The fraction of sp³-hybridized carbons (Fsp3) is 0.208. The third-order valence-corrected chi connectivity index (χ3v) is 7.46. The zero-order valence-corrected chi connectivity index (χ0v) is 19.5. The van der Waals surface area contributed by atoms with Crippen molar-refractivity contribution in [1.82, 2.24) is 20.1 Å². The predicted octanol–water partition coefficient (Wildman–Crippen LogP) is 1.82. The molecule has 0 spiro atoms. The van der Waals surface area contributed by atoms with Gasteiger partial charge in [-0.2, -0.15) is 4.31 Å². The van der Waals surface area contributed by atoms with Crippen molar-refractivity contribution >= 4 is 21.8 Å². The van der Waals surface area contributed by atoms with Gasteiger partial charge in [-0.05, 0) is 42.0 Å². The van der Waals surface area contributed by atoms with Crippen molar-refractivity contribution in [3.63, 3.8) is 0 Å². The third kappa shape index (κ3) is 5.72. The number of ether oxygens (including phenoxy) is 1. The number of sulfonamides is 1. The normalized spacial score (nSPS) is 14.3. The lowest BCUT2D eigenvalue weighted by Crippen LogP contribution is -2.40. The molecule has 1 aromatic heterocycles. The summed E-state index contributed by atoms with van der Waals surface area (Å²) in [6, 6.07) is 16.1. The summed E-state index contributed by atoms with van der Waals surface area (Å²) in [4.78, 5) is 28.5. The van der Waals surface area contributed by atoms with Crippen LogP contribution in [0, 0.1) is 0 Å². The monoisotopic (exact) mass is 496 g/mol. The lowest BCUT2D eigenvalue weighted by Gasteiger charge is -2.26. The van der Waals surface area contributed by atoms with E-state index in [2.05, 4.69) is 10.3 Å². The minimum Gasteiger partial charge on any atom is -0.379 e. The summed E-state index contributed by atoms with van der Waals surface area (Å²) < 4.78 is 32.2. The number of hydroxylamine groups is 1. The highest BCUT2D eigenvalue weighted by atomic mass is 32.2. The quantitative estimate of drug-likeness (QED) is 0.335. The average Bonchev–Trinajstić information content (AvgIpc) is 2.92. The molecule has 0 bridgehead atoms. The maximum absolute atomic E-state index is 12.8. The molecule has 1 saturated heterocycles. The average molecular weight is 497 g/mol. The molecule has 4 rings (SSSR count). The van der Waals surface area contributed by atoms with E-state index < -0.39 is 15.9 Å². The molecule has 2 amide bonds. The number of morpholine rings is 1. The topological polar surface area (TPSA) is 138 Å². The molecule has 0 aliphatic carbocycles. The van der Waals surface area contributed by atoms with Crippen molar-refractivity contribution < 1.29 is 28.0 Å². The van der Waals surface area contributed by atoms with Gasteiger partial charge in [-0.1, -0.05) is 24.3 Å². The largest absolute Gasteiger partial charge is 0.379 e. The van der Waals surface area contributed by atoms with Gasteiger partial charge in [-0.3, -0.25) is 19.8 Å². The van der Waals surface area contributed by atoms with E-state index in [0.29, 0.717) is 48.7 Å². The second-order valence-electron chi connectivity index (χ2n) is 7.79. The van der Waals surface area contributed by atoms with Crippen LogP contribution in [0.4, 0.5) is 0 Å². The van der Waals surface area contributed by atoms with Gasteiger partial charge in [0.05, 0.1) is 23.8 Å². The van der Waals surface area contributed by atoms with E-state index in [1.807, 2.05) is 0 Å². The second kappa shape index (κ2) is 10.7. The molecule has 2 heterocycles.